The first-order valence-electron chi connectivity index (χ1n) is 7.97. The van der Waals surface area contributed by atoms with Gasteiger partial charge >= 0.3 is 6.18 Å². The minimum atomic E-state index is -4.34. The molecule has 3 rings (SSSR count). The van der Waals surface area contributed by atoms with Crippen LogP contribution in [-0.4, -0.2) is 17.1 Å². The number of rotatable bonds is 5. The van der Waals surface area contributed by atoms with E-state index in [0.717, 1.165) is 34.7 Å². The van der Waals surface area contributed by atoms with Crippen molar-refractivity contribution in [1.82, 2.24) is 9.97 Å². The maximum atomic E-state index is 12.7. The van der Waals surface area contributed by atoms with E-state index in [4.69, 9.17) is 10.5 Å². The van der Waals surface area contributed by atoms with E-state index < -0.39 is 11.7 Å². The van der Waals surface area contributed by atoms with Gasteiger partial charge in [-0.3, -0.25) is 0 Å². The number of nitrogens with two attached hydrogens (primary N) is 1. The number of hydrogen-bond donors (Lipinski definition) is 2. The molecule has 0 fully saturated rings. The van der Waals surface area contributed by atoms with Gasteiger partial charge in [-0.05, 0) is 41.8 Å². The first-order chi connectivity index (χ1) is 12.4. The summed E-state index contributed by atoms with van der Waals surface area (Å²) < 4.78 is 43.4. The number of nitrogens with one attached hydrogen (secondary N) is 1. The zero-order chi connectivity index (χ0) is 18.7. The molecule has 4 nitrogen and oxygen atoms in total. The Morgan fingerprint density at radius 3 is 2.23 bits per heavy atom. The van der Waals surface area contributed by atoms with E-state index in [-0.39, 0.29) is 5.92 Å². The molecule has 1 aromatic heterocycles. The molecule has 1 unspecified atom stereocenters. The second-order valence-electron chi connectivity index (χ2n) is 5.94. The van der Waals surface area contributed by atoms with E-state index in [9.17, 15) is 13.2 Å². The van der Waals surface area contributed by atoms with Gasteiger partial charge in [0.05, 0.1) is 18.4 Å². The molecule has 2 aromatic carbocycles. The molecule has 0 amide bonds. The Balaban J connectivity index is 1.90. The molecule has 0 aliphatic carbocycles. The molecule has 3 aromatic rings. The highest BCUT2D eigenvalue weighted by molar-refractivity contribution is 5.37. The number of aromatic amines is 1. The first-order valence-corrected chi connectivity index (χ1v) is 7.97. The number of ether oxygens (including phenoxy) is 1. The van der Waals surface area contributed by atoms with Crippen molar-refractivity contribution in [2.75, 3.05) is 12.8 Å². The molecule has 136 valence electrons. The summed E-state index contributed by atoms with van der Waals surface area (Å²) in [5.41, 5.74) is 7.51. The van der Waals surface area contributed by atoms with Crippen LogP contribution in [-0.2, 0) is 12.6 Å². The molecule has 7 heteroatoms. The van der Waals surface area contributed by atoms with Crippen LogP contribution in [0.2, 0.25) is 0 Å². The summed E-state index contributed by atoms with van der Waals surface area (Å²) >= 11 is 0. The van der Waals surface area contributed by atoms with Gasteiger partial charge in [0.25, 0.3) is 0 Å². The lowest BCUT2D eigenvalue weighted by atomic mass is 9.89. The largest absolute Gasteiger partial charge is 0.497 e. The van der Waals surface area contributed by atoms with Gasteiger partial charge in [-0.2, -0.15) is 13.2 Å². The number of imidazole rings is 1. The minimum Gasteiger partial charge on any atom is -0.497 e. The molecule has 0 saturated carbocycles. The van der Waals surface area contributed by atoms with Crippen LogP contribution in [0.25, 0.3) is 0 Å². The van der Waals surface area contributed by atoms with E-state index in [0.29, 0.717) is 12.4 Å². The van der Waals surface area contributed by atoms with E-state index in [2.05, 4.69) is 9.97 Å². The van der Waals surface area contributed by atoms with Crippen LogP contribution >= 0.6 is 0 Å². The smallest absolute Gasteiger partial charge is 0.416 e. The summed E-state index contributed by atoms with van der Waals surface area (Å²) in [4.78, 5) is 7.14. The van der Waals surface area contributed by atoms with Gasteiger partial charge in [0, 0.05) is 12.1 Å². The van der Waals surface area contributed by atoms with Gasteiger partial charge in [0.2, 0.25) is 0 Å². The van der Waals surface area contributed by atoms with Crippen LogP contribution in [0.3, 0.4) is 0 Å². The quantitative estimate of drug-likeness (QED) is 0.708. The summed E-state index contributed by atoms with van der Waals surface area (Å²) in [6.45, 7) is 0. The van der Waals surface area contributed by atoms with Crippen LogP contribution in [0, 0.1) is 0 Å². The maximum absolute atomic E-state index is 12.7. The Kier molecular flexibility index (Phi) is 4.88. The van der Waals surface area contributed by atoms with Gasteiger partial charge in [0.15, 0.2) is 5.95 Å². The molecule has 1 atom stereocenters. The normalized spacial score (nSPS) is 12.8. The molecular formula is C19H18F3N3O. The van der Waals surface area contributed by atoms with Gasteiger partial charge in [-0.25, -0.2) is 4.98 Å². The van der Waals surface area contributed by atoms with Crippen molar-refractivity contribution in [3.8, 4) is 5.75 Å². The summed E-state index contributed by atoms with van der Waals surface area (Å²) in [5, 5.41) is 0. The lowest BCUT2D eigenvalue weighted by Gasteiger charge is -2.16. The molecular weight excluding hydrogens is 343 g/mol. The Morgan fingerprint density at radius 2 is 1.73 bits per heavy atom. The number of methoxy groups -OCH3 is 1. The van der Waals surface area contributed by atoms with Crippen LogP contribution in [0.4, 0.5) is 19.1 Å². The third-order valence-corrected chi connectivity index (χ3v) is 4.21. The Hall–Kier alpha value is -2.96. The summed E-state index contributed by atoms with van der Waals surface area (Å²) in [5.74, 6) is 0.876. The molecule has 0 aliphatic heterocycles. The van der Waals surface area contributed by atoms with Crippen molar-refractivity contribution in [3.63, 3.8) is 0 Å². The molecule has 0 spiro atoms. The summed E-state index contributed by atoms with van der Waals surface area (Å²) in [6, 6.07) is 12.7. The molecule has 3 N–H and O–H groups in total. The van der Waals surface area contributed by atoms with E-state index in [1.54, 1.807) is 13.3 Å². The second-order valence-corrected chi connectivity index (χ2v) is 5.94. The molecule has 0 radical (unpaired) electrons. The molecule has 1 heterocycles. The third-order valence-electron chi connectivity index (χ3n) is 4.21. The number of aromatic nitrogens is 2. The van der Waals surface area contributed by atoms with Gasteiger partial charge in [-0.1, -0.05) is 24.3 Å². The van der Waals surface area contributed by atoms with Crippen molar-refractivity contribution in [2.45, 2.75) is 18.5 Å². The van der Waals surface area contributed by atoms with Gasteiger partial charge < -0.3 is 15.5 Å². The fraction of sp³-hybridized carbons (Fsp3) is 0.211. The Morgan fingerprint density at radius 1 is 1.08 bits per heavy atom. The standard InChI is InChI=1S/C19H18F3N3O/c1-26-15-8-4-13(5-9-15)16(17-11-24-18(23)25-17)10-12-2-6-14(7-3-12)19(20,21)22/h2-9,11,16H,10H2,1H3,(H3,23,24,25). The third kappa shape index (κ3) is 3.99. The van der Waals surface area contributed by atoms with Crippen molar-refractivity contribution in [2.24, 2.45) is 0 Å². The Bertz CT molecular complexity index is 855. The highest BCUT2D eigenvalue weighted by Crippen LogP contribution is 2.32. The SMILES string of the molecule is COc1ccc(C(Cc2ccc(C(F)(F)F)cc2)c2c[nH]c(N)n2)cc1. The highest BCUT2D eigenvalue weighted by Gasteiger charge is 2.30. The number of hydrogen-bond acceptors (Lipinski definition) is 3. The van der Waals surface area contributed by atoms with Crippen LogP contribution < -0.4 is 10.5 Å². The summed E-state index contributed by atoms with van der Waals surface area (Å²) in [7, 11) is 1.59. The van der Waals surface area contributed by atoms with Crippen LogP contribution in [0.5, 0.6) is 5.75 Å². The molecule has 0 saturated heterocycles. The monoisotopic (exact) mass is 361 g/mol. The average molecular weight is 361 g/mol. The fourth-order valence-electron chi connectivity index (χ4n) is 2.82. The van der Waals surface area contributed by atoms with Crippen molar-refractivity contribution in [1.29, 1.82) is 0 Å². The second kappa shape index (κ2) is 7.11. The summed E-state index contributed by atoms with van der Waals surface area (Å²) in [6.07, 6.45) is -2.13. The predicted octanol–water partition coefficient (Wildman–Crippen LogP) is 4.39. The topological polar surface area (TPSA) is 63.9 Å². The number of alkyl halides is 3. The molecule has 0 aliphatic rings. The minimum absolute atomic E-state index is 0.147. The van der Waals surface area contributed by atoms with Crippen LogP contribution in [0.15, 0.2) is 54.7 Å². The fourth-order valence-corrected chi connectivity index (χ4v) is 2.82. The molecule has 0 bridgehead atoms. The number of nitrogens with zero attached hydrogens (tertiary/aromatic N) is 1. The van der Waals surface area contributed by atoms with Crippen LogP contribution in [0.1, 0.15) is 28.3 Å². The van der Waals surface area contributed by atoms with Gasteiger partial charge in [0.1, 0.15) is 5.75 Å². The zero-order valence-electron chi connectivity index (χ0n) is 14.0. The van der Waals surface area contributed by atoms with Crippen molar-refractivity contribution >= 4 is 5.95 Å². The van der Waals surface area contributed by atoms with Crippen molar-refractivity contribution < 1.29 is 17.9 Å². The van der Waals surface area contributed by atoms with E-state index in [1.807, 2.05) is 24.3 Å². The Labute approximate surface area is 148 Å². The van der Waals surface area contributed by atoms with Crippen molar-refractivity contribution in [3.05, 3.63) is 77.1 Å². The highest BCUT2D eigenvalue weighted by atomic mass is 19.4. The predicted molar refractivity (Wildman–Crippen MR) is 93.0 cm³/mol. The maximum Gasteiger partial charge on any atom is 0.416 e. The first kappa shape index (κ1) is 17.8. The van der Waals surface area contributed by atoms with E-state index >= 15 is 0 Å². The van der Waals surface area contributed by atoms with E-state index in [1.165, 1.54) is 12.1 Å². The number of benzene rings is 2. The number of anilines is 1. The lowest BCUT2D eigenvalue weighted by molar-refractivity contribution is -0.137. The number of H-pyrrole nitrogens is 1. The lowest BCUT2D eigenvalue weighted by Crippen LogP contribution is -2.08. The molecule has 26 heavy (non-hydrogen) atoms. The number of nitrogen functional groups attached to an aromatic ring is 1. The van der Waals surface area contributed by atoms with Gasteiger partial charge in [-0.15, -0.1) is 0 Å². The zero-order valence-corrected chi connectivity index (χ0v) is 14.0. The number of halogens is 3. The average Bonchev–Trinajstić information content (AvgIpc) is 3.05.